The topological polar surface area (TPSA) is 81.8 Å². The largest absolute Gasteiger partial charge is 0.302 e. The molecule has 8 heteroatoms. The van der Waals surface area contributed by atoms with E-state index in [1.165, 1.54) is 12.2 Å². The first-order valence-corrected chi connectivity index (χ1v) is 6.22. The Labute approximate surface area is 95.8 Å². The Kier molecular flexibility index (Phi) is 3.56. The van der Waals surface area contributed by atoms with Crippen molar-refractivity contribution in [2.75, 3.05) is 0 Å². The molecule has 0 saturated carbocycles. The highest BCUT2D eigenvalue weighted by Gasteiger charge is 2.26. The molecule has 2 N–H and O–H groups in total. The third-order valence-electron chi connectivity index (χ3n) is 1.60. The Bertz CT molecular complexity index is 490. The van der Waals surface area contributed by atoms with Crippen LogP contribution in [0.2, 0.25) is 0 Å². The smallest absolute Gasteiger partial charge is 0.261 e. The number of hydrogen-bond acceptors (Lipinski definition) is 5. The molecule has 0 heterocycles. The molecule has 1 aliphatic carbocycles. The van der Waals surface area contributed by atoms with Crippen molar-refractivity contribution < 1.29 is 13.4 Å². The van der Waals surface area contributed by atoms with Gasteiger partial charge in [-0.3, -0.25) is 0 Å². The summed E-state index contributed by atoms with van der Waals surface area (Å²) >= 11 is 5.72. The minimum absolute atomic E-state index is 0.0286. The van der Waals surface area contributed by atoms with Crippen molar-refractivity contribution in [3.63, 3.8) is 0 Å². The molecule has 0 radical (unpaired) electrons. The van der Waals surface area contributed by atoms with Crippen molar-refractivity contribution in [2.45, 2.75) is 0 Å². The predicted octanol–water partition coefficient (Wildman–Crippen LogP) is 1.38. The highest BCUT2D eigenvalue weighted by atomic mass is 35.7. The van der Waals surface area contributed by atoms with E-state index in [1.54, 1.807) is 0 Å². The van der Waals surface area contributed by atoms with Gasteiger partial charge in [0, 0.05) is 16.3 Å². The Hall–Kier alpha value is -0.820. The van der Waals surface area contributed by atoms with Crippen molar-refractivity contribution in [3.05, 3.63) is 34.2 Å². The zero-order valence-corrected chi connectivity index (χ0v) is 9.60. The maximum Gasteiger partial charge on any atom is 0.261 e. The van der Waals surface area contributed by atoms with Crippen LogP contribution in [0, 0.1) is 0 Å². The molecule has 1 aliphatic rings. The van der Waals surface area contributed by atoms with Gasteiger partial charge >= 0.3 is 0 Å². The summed E-state index contributed by atoms with van der Waals surface area (Å²) in [7, 11) is 1.27. The Morgan fingerprint density at radius 2 is 2.07 bits per heavy atom. The van der Waals surface area contributed by atoms with Gasteiger partial charge in [-0.2, -0.15) is 0 Å². The van der Waals surface area contributed by atoms with Crippen LogP contribution in [0.1, 0.15) is 0 Å². The van der Waals surface area contributed by atoms with Gasteiger partial charge in [-0.05, 0) is 12.2 Å². The van der Waals surface area contributed by atoms with Gasteiger partial charge in [0.05, 0.1) is 9.94 Å². The van der Waals surface area contributed by atoms with Crippen molar-refractivity contribution in [2.24, 2.45) is 11.1 Å². The molecule has 0 saturated heterocycles. The average Bonchev–Trinajstić information content (AvgIpc) is 2.09. The predicted molar refractivity (Wildman–Crippen MR) is 58.6 cm³/mol. The molecular formula is C7H6Cl2N2O3S. The molecule has 15 heavy (non-hydrogen) atoms. The van der Waals surface area contributed by atoms with Crippen LogP contribution < -0.4 is 5.90 Å². The zero-order chi connectivity index (χ0) is 11.6. The molecule has 0 aliphatic heterocycles. The van der Waals surface area contributed by atoms with Crippen LogP contribution >= 0.6 is 22.3 Å². The van der Waals surface area contributed by atoms with Crippen LogP contribution in [0.5, 0.6) is 0 Å². The van der Waals surface area contributed by atoms with Crippen LogP contribution in [-0.2, 0) is 14.0 Å². The van der Waals surface area contributed by atoms with Gasteiger partial charge in [0.25, 0.3) is 9.05 Å². The highest BCUT2D eigenvalue weighted by Crippen LogP contribution is 2.29. The summed E-state index contributed by atoms with van der Waals surface area (Å²) in [6, 6.07) is 0. The normalized spacial score (nSPS) is 19.9. The van der Waals surface area contributed by atoms with Crippen LogP contribution in [0.3, 0.4) is 0 Å². The molecule has 0 aromatic carbocycles. The van der Waals surface area contributed by atoms with Gasteiger partial charge in [-0.15, -0.1) is 5.90 Å². The maximum absolute atomic E-state index is 11.1. The third kappa shape index (κ3) is 2.60. The van der Waals surface area contributed by atoms with E-state index in [2.05, 4.69) is 16.7 Å². The summed E-state index contributed by atoms with van der Waals surface area (Å²) in [5, 5.41) is 3.50. The van der Waals surface area contributed by atoms with Crippen molar-refractivity contribution >= 4 is 37.0 Å². The second kappa shape index (κ2) is 4.36. The summed E-state index contributed by atoms with van der Waals surface area (Å²) < 4.78 is 22.2. The number of hydrogen-bond donors (Lipinski definition) is 1. The van der Waals surface area contributed by atoms with E-state index in [9.17, 15) is 8.42 Å². The van der Waals surface area contributed by atoms with E-state index < -0.39 is 9.05 Å². The van der Waals surface area contributed by atoms with Crippen molar-refractivity contribution in [3.8, 4) is 0 Å². The zero-order valence-electron chi connectivity index (χ0n) is 7.28. The number of allylic oxidation sites excluding steroid dienone is 4. The first-order chi connectivity index (χ1) is 6.88. The minimum Gasteiger partial charge on any atom is -0.302 e. The number of nitrogens with zero attached hydrogens (tertiary/aromatic N) is 1. The van der Waals surface area contributed by atoms with Crippen LogP contribution in [0.4, 0.5) is 0 Å². The SMILES string of the molecule is C=C1C(S(=O)(=O)Cl)=CC=C(Cl)/C1=N/ON. The lowest BCUT2D eigenvalue weighted by atomic mass is 10.1. The molecule has 0 fully saturated rings. The lowest BCUT2D eigenvalue weighted by Gasteiger charge is -2.12. The average molecular weight is 269 g/mol. The van der Waals surface area contributed by atoms with Crippen LogP contribution in [0.25, 0.3) is 0 Å². The third-order valence-corrected chi connectivity index (χ3v) is 3.31. The highest BCUT2D eigenvalue weighted by molar-refractivity contribution is 8.17. The lowest BCUT2D eigenvalue weighted by Crippen LogP contribution is -2.13. The van der Waals surface area contributed by atoms with Crippen molar-refractivity contribution in [1.29, 1.82) is 0 Å². The fourth-order valence-electron chi connectivity index (χ4n) is 0.969. The monoisotopic (exact) mass is 268 g/mol. The number of rotatable bonds is 2. The Morgan fingerprint density at radius 1 is 1.47 bits per heavy atom. The summed E-state index contributed by atoms with van der Waals surface area (Å²) in [5.41, 5.74) is 0.0591. The van der Waals surface area contributed by atoms with Gasteiger partial charge in [0.1, 0.15) is 5.71 Å². The quantitative estimate of drug-likeness (QED) is 0.606. The van der Waals surface area contributed by atoms with Crippen molar-refractivity contribution in [1.82, 2.24) is 0 Å². The second-order valence-corrected chi connectivity index (χ2v) is 5.45. The maximum atomic E-state index is 11.1. The molecule has 5 nitrogen and oxygen atoms in total. The van der Waals surface area contributed by atoms with E-state index in [1.807, 2.05) is 0 Å². The van der Waals surface area contributed by atoms with Gasteiger partial charge in [-0.1, -0.05) is 23.3 Å². The summed E-state index contributed by atoms with van der Waals surface area (Å²) in [5.74, 6) is 4.72. The summed E-state index contributed by atoms with van der Waals surface area (Å²) in [6.45, 7) is 3.49. The molecule has 1 rings (SSSR count). The molecule has 0 bridgehead atoms. The van der Waals surface area contributed by atoms with Crippen LogP contribution in [0.15, 0.2) is 39.4 Å². The molecule has 0 unspecified atom stereocenters. The van der Waals surface area contributed by atoms with Gasteiger partial charge in [-0.25, -0.2) is 8.42 Å². The molecule has 0 atom stereocenters. The Morgan fingerprint density at radius 3 is 2.53 bits per heavy atom. The van der Waals surface area contributed by atoms with E-state index in [-0.39, 0.29) is 21.2 Å². The van der Waals surface area contributed by atoms with E-state index >= 15 is 0 Å². The Balaban J connectivity index is 3.29. The van der Waals surface area contributed by atoms with Gasteiger partial charge < -0.3 is 4.94 Å². The fourth-order valence-corrected chi connectivity index (χ4v) is 2.24. The standard InChI is InChI=1S/C7H6Cl2N2O3S/c1-4-6(15(9,12)13)3-2-5(8)7(4)11-14-10/h2-3H,1,10H2/b11-7+. The second-order valence-electron chi connectivity index (χ2n) is 2.51. The number of nitrogens with two attached hydrogens (primary N) is 1. The number of halogens is 2. The van der Waals surface area contributed by atoms with Crippen LogP contribution in [-0.4, -0.2) is 14.1 Å². The molecule has 0 aromatic rings. The first-order valence-electron chi connectivity index (χ1n) is 3.54. The lowest BCUT2D eigenvalue weighted by molar-refractivity contribution is 0.149. The molecule has 0 aromatic heterocycles. The molecule has 82 valence electrons. The fraction of sp³-hybridized carbons (Fsp3) is 0. The summed E-state index contributed by atoms with van der Waals surface area (Å²) in [4.78, 5) is 3.83. The molecule has 0 amide bonds. The molecule has 0 spiro atoms. The van der Waals surface area contributed by atoms with Gasteiger partial charge in [0.15, 0.2) is 0 Å². The van der Waals surface area contributed by atoms with E-state index in [4.69, 9.17) is 28.2 Å². The van der Waals surface area contributed by atoms with E-state index in [0.29, 0.717) is 0 Å². The minimum atomic E-state index is -3.90. The van der Waals surface area contributed by atoms with E-state index in [0.717, 1.165) is 0 Å². The first kappa shape index (κ1) is 12.3. The number of oxime groups is 1. The molecular weight excluding hydrogens is 263 g/mol. The summed E-state index contributed by atoms with van der Waals surface area (Å²) in [6.07, 6.45) is 2.53. The van der Waals surface area contributed by atoms with Gasteiger partial charge in [0.2, 0.25) is 0 Å².